The first-order valence-corrected chi connectivity index (χ1v) is 6.40. The number of nitrogens with two attached hydrogens (primary N) is 1. The number of hydrogen-bond donors (Lipinski definition) is 1. The van der Waals surface area contributed by atoms with E-state index < -0.39 is 11.7 Å². The molecule has 20 heavy (non-hydrogen) atoms. The fourth-order valence-corrected chi connectivity index (χ4v) is 2.25. The second kappa shape index (κ2) is 5.66. The molecule has 0 radical (unpaired) electrons. The maximum atomic E-state index is 13.1. The van der Waals surface area contributed by atoms with Crippen LogP contribution in [0.1, 0.15) is 18.1 Å². The topological polar surface area (TPSA) is 43.8 Å². The maximum absolute atomic E-state index is 13.1. The van der Waals surface area contributed by atoms with E-state index in [4.69, 9.17) is 5.73 Å². The van der Waals surface area contributed by atoms with Crippen molar-refractivity contribution >= 4 is 0 Å². The second-order valence-electron chi connectivity index (χ2n) is 4.42. The molecule has 0 unspecified atom stereocenters. The largest absolute Gasteiger partial charge is 0.417 e. The molecule has 3 nitrogen and oxygen atoms in total. The molecule has 1 aromatic heterocycles. The highest BCUT2D eigenvalue weighted by atomic mass is 19.4. The van der Waals surface area contributed by atoms with Gasteiger partial charge in [-0.15, -0.1) is 0 Å². The minimum Gasteiger partial charge on any atom is -0.330 e. The monoisotopic (exact) mass is 283 g/mol. The normalized spacial score (nSPS) is 11.8. The van der Waals surface area contributed by atoms with Gasteiger partial charge in [-0.1, -0.05) is 18.2 Å². The number of benzene rings is 1. The van der Waals surface area contributed by atoms with Crippen LogP contribution >= 0.6 is 0 Å². The van der Waals surface area contributed by atoms with Crippen molar-refractivity contribution in [1.82, 2.24) is 9.78 Å². The third kappa shape index (κ3) is 2.70. The van der Waals surface area contributed by atoms with Crippen molar-refractivity contribution in [2.75, 3.05) is 6.54 Å². The highest BCUT2D eigenvalue weighted by molar-refractivity contribution is 5.68. The van der Waals surface area contributed by atoms with Crippen LogP contribution in [0.15, 0.2) is 30.5 Å². The summed E-state index contributed by atoms with van der Waals surface area (Å²) in [5.41, 5.74) is 6.28. The lowest BCUT2D eigenvalue weighted by atomic mass is 10.00. The molecule has 0 spiro atoms. The average Bonchev–Trinajstić information content (AvgIpc) is 2.81. The summed E-state index contributed by atoms with van der Waals surface area (Å²) in [5, 5.41) is 4.15. The Kier molecular flexibility index (Phi) is 4.13. The van der Waals surface area contributed by atoms with E-state index in [2.05, 4.69) is 5.10 Å². The number of alkyl halides is 3. The molecule has 0 aliphatic carbocycles. The summed E-state index contributed by atoms with van der Waals surface area (Å²) in [6, 6.07) is 5.56. The van der Waals surface area contributed by atoms with Crippen molar-refractivity contribution in [3.63, 3.8) is 0 Å². The number of nitrogens with zero attached hydrogens (tertiary/aromatic N) is 2. The van der Waals surface area contributed by atoms with E-state index in [0.29, 0.717) is 25.2 Å². The molecule has 2 rings (SSSR count). The van der Waals surface area contributed by atoms with Gasteiger partial charge in [0.25, 0.3) is 0 Å². The Morgan fingerprint density at radius 3 is 2.55 bits per heavy atom. The van der Waals surface area contributed by atoms with Crippen LogP contribution in [0.4, 0.5) is 13.2 Å². The minimum absolute atomic E-state index is 0.155. The van der Waals surface area contributed by atoms with Crippen LogP contribution in [0, 0.1) is 0 Å². The SMILES string of the molecule is CCn1ncc(CCN)c1-c1ccccc1C(F)(F)F. The second-order valence-corrected chi connectivity index (χ2v) is 4.42. The average molecular weight is 283 g/mol. The molecule has 2 N–H and O–H groups in total. The first-order chi connectivity index (χ1) is 9.49. The smallest absolute Gasteiger partial charge is 0.330 e. The summed E-state index contributed by atoms with van der Waals surface area (Å²) >= 11 is 0. The first kappa shape index (κ1) is 14.6. The summed E-state index contributed by atoms with van der Waals surface area (Å²) in [5.74, 6) is 0. The van der Waals surface area contributed by atoms with Gasteiger partial charge in [0.2, 0.25) is 0 Å². The Bertz CT molecular complexity index is 588. The standard InChI is InChI=1S/C14H16F3N3/c1-2-20-13(10(7-8-18)9-19-20)11-5-3-4-6-12(11)14(15,16)17/h3-6,9H,2,7-8,18H2,1H3. The van der Waals surface area contributed by atoms with Crippen LogP contribution in [-0.4, -0.2) is 16.3 Å². The van der Waals surface area contributed by atoms with Crippen molar-refractivity contribution in [2.24, 2.45) is 5.73 Å². The van der Waals surface area contributed by atoms with Crippen LogP contribution in [0.3, 0.4) is 0 Å². The predicted octanol–water partition coefficient (Wildman–Crippen LogP) is 3.09. The zero-order chi connectivity index (χ0) is 14.8. The van der Waals surface area contributed by atoms with Crippen molar-refractivity contribution in [3.8, 4) is 11.3 Å². The molecule has 6 heteroatoms. The summed E-state index contributed by atoms with van der Waals surface area (Å²) in [6.45, 7) is 2.72. The number of halogens is 3. The zero-order valence-electron chi connectivity index (χ0n) is 11.1. The Labute approximate surface area is 115 Å². The third-order valence-electron chi connectivity index (χ3n) is 3.12. The number of aryl methyl sites for hydroxylation is 1. The summed E-state index contributed by atoms with van der Waals surface area (Å²) in [4.78, 5) is 0. The molecule has 0 fully saturated rings. The molecule has 0 atom stereocenters. The van der Waals surface area contributed by atoms with Crippen LogP contribution in [-0.2, 0) is 19.1 Å². The Balaban J connectivity index is 2.65. The van der Waals surface area contributed by atoms with Gasteiger partial charge < -0.3 is 5.73 Å². The molecule has 0 saturated heterocycles. The predicted molar refractivity (Wildman–Crippen MR) is 71.1 cm³/mol. The Morgan fingerprint density at radius 2 is 1.95 bits per heavy atom. The van der Waals surface area contributed by atoms with Crippen LogP contribution in [0.2, 0.25) is 0 Å². The van der Waals surface area contributed by atoms with Gasteiger partial charge in [-0.05, 0) is 31.5 Å². The van der Waals surface area contributed by atoms with E-state index in [0.717, 1.165) is 11.6 Å². The van der Waals surface area contributed by atoms with Gasteiger partial charge in [-0.25, -0.2) is 0 Å². The highest BCUT2D eigenvalue weighted by Crippen LogP contribution is 2.38. The van der Waals surface area contributed by atoms with Gasteiger partial charge in [0.05, 0.1) is 17.5 Å². The fraction of sp³-hybridized carbons (Fsp3) is 0.357. The molecular weight excluding hydrogens is 267 g/mol. The summed E-state index contributed by atoms with van der Waals surface area (Å²) in [7, 11) is 0. The van der Waals surface area contributed by atoms with Gasteiger partial charge in [0.15, 0.2) is 0 Å². The minimum atomic E-state index is -4.39. The van der Waals surface area contributed by atoms with Crippen molar-refractivity contribution in [1.29, 1.82) is 0 Å². The molecular formula is C14H16F3N3. The number of aromatic nitrogens is 2. The quantitative estimate of drug-likeness (QED) is 0.937. The molecule has 0 amide bonds. The fourth-order valence-electron chi connectivity index (χ4n) is 2.25. The molecule has 0 saturated carbocycles. The van der Waals surface area contributed by atoms with E-state index in [1.165, 1.54) is 12.1 Å². The van der Waals surface area contributed by atoms with E-state index in [9.17, 15) is 13.2 Å². The van der Waals surface area contributed by atoms with Crippen LogP contribution in [0.25, 0.3) is 11.3 Å². The molecule has 0 aliphatic rings. The lowest BCUT2D eigenvalue weighted by molar-refractivity contribution is -0.137. The third-order valence-corrected chi connectivity index (χ3v) is 3.12. The molecule has 108 valence electrons. The van der Waals surface area contributed by atoms with Crippen molar-refractivity contribution in [3.05, 3.63) is 41.6 Å². The van der Waals surface area contributed by atoms with E-state index in [1.807, 2.05) is 6.92 Å². The Hall–Kier alpha value is -1.82. The number of rotatable bonds is 4. The number of hydrogen-bond acceptors (Lipinski definition) is 2. The molecule has 1 heterocycles. The van der Waals surface area contributed by atoms with Crippen molar-refractivity contribution < 1.29 is 13.2 Å². The van der Waals surface area contributed by atoms with Gasteiger partial charge in [-0.3, -0.25) is 4.68 Å². The van der Waals surface area contributed by atoms with Crippen molar-refractivity contribution in [2.45, 2.75) is 26.1 Å². The van der Waals surface area contributed by atoms with E-state index in [1.54, 1.807) is 16.9 Å². The van der Waals surface area contributed by atoms with E-state index in [-0.39, 0.29) is 5.56 Å². The molecule has 2 aromatic rings. The van der Waals surface area contributed by atoms with Crippen LogP contribution < -0.4 is 5.73 Å². The van der Waals surface area contributed by atoms with Gasteiger partial charge in [0, 0.05) is 12.1 Å². The first-order valence-electron chi connectivity index (χ1n) is 6.40. The lowest BCUT2D eigenvalue weighted by Gasteiger charge is -2.15. The maximum Gasteiger partial charge on any atom is 0.417 e. The van der Waals surface area contributed by atoms with E-state index >= 15 is 0 Å². The zero-order valence-corrected chi connectivity index (χ0v) is 11.1. The van der Waals surface area contributed by atoms with Gasteiger partial charge in [-0.2, -0.15) is 18.3 Å². The van der Waals surface area contributed by atoms with Gasteiger partial charge >= 0.3 is 6.18 Å². The van der Waals surface area contributed by atoms with Gasteiger partial charge in [0.1, 0.15) is 0 Å². The summed E-state index contributed by atoms with van der Waals surface area (Å²) < 4.78 is 41.0. The highest BCUT2D eigenvalue weighted by Gasteiger charge is 2.34. The summed E-state index contributed by atoms with van der Waals surface area (Å²) in [6.07, 6.45) is -2.29. The molecule has 0 aliphatic heterocycles. The molecule has 0 bridgehead atoms. The molecule has 1 aromatic carbocycles. The lowest BCUT2D eigenvalue weighted by Crippen LogP contribution is -2.11. The Morgan fingerprint density at radius 1 is 1.25 bits per heavy atom. The van der Waals surface area contributed by atoms with Crippen LogP contribution in [0.5, 0.6) is 0 Å².